The molecule has 0 aromatic rings. The zero-order valence-electron chi connectivity index (χ0n) is 11.3. The predicted octanol–water partition coefficient (Wildman–Crippen LogP) is 2.27. The van der Waals surface area contributed by atoms with E-state index >= 15 is 0 Å². The summed E-state index contributed by atoms with van der Waals surface area (Å²) in [6.45, 7) is 3.78. The molecule has 5 nitrogen and oxygen atoms in total. The highest BCUT2D eigenvalue weighted by atomic mass is 32.2. The minimum absolute atomic E-state index is 0.0131. The van der Waals surface area contributed by atoms with Crippen LogP contribution in [0.1, 0.15) is 45.4 Å². The summed E-state index contributed by atoms with van der Waals surface area (Å²) < 4.78 is 39.5. The summed E-state index contributed by atoms with van der Waals surface area (Å²) in [7, 11) is -3.90. The van der Waals surface area contributed by atoms with Gasteiger partial charge in [-0.05, 0) is 6.42 Å². The molecule has 0 aliphatic heterocycles. The van der Waals surface area contributed by atoms with Crippen molar-refractivity contribution in [2.45, 2.75) is 45.4 Å². The molecule has 0 aliphatic rings. The molecule has 0 saturated carbocycles. The monoisotopic (exact) mass is 282 g/mol. The molecule has 0 aromatic heterocycles. The Morgan fingerprint density at radius 3 is 2.00 bits per heavy atom. The Hall–Kier alpha value is -0.170. The van der Waals surface area contributed by atoms with Crippen LogP contribution < -0.4 is 0 Å². The van der Waals surface area contributed by atoms with Gasteiger partial charge in [0.05, 0.1) is 25.6 Å². The molecule has 0 spiro atoms. The minimum atomic E-state index is -3.90. The molecule has 0 aliphatic carbocycles. The third-order valence-electron chi connectivity index (χ3n) is 2.50. The molecule has 0 unspecified atom stereocenters. The topological polar surface area (TPSA) is 72.8 Å². The first-order valence-electron chi connectivity index (χ1n) is 6.67. The molecule has 0 amide bonds. The van der Waals surface area contributed by atoms with E-state index in [0.29, 0.717) is 13.2 Å². The van der Waals surface area contributed by atoms with Crippen LogP contribution in [0.2, 0.25) is 0 Å². The van der Waals surface area contributed by atoms with Crippen LogP contribution >= 0.6 is 0 Å². The highest BCUT2D eigenvalue weighted by Gasteiger charge is 2.02. The van der Waals surface area contributed by atoms with Gasteiger partial charge in [0.15, 0.2) is 0 Å². The van der Waals surface area contributed by atoms with E-state index in [1.54, 1.807) is 0 Å². The molecule has 0 aromatic carbocycles. The molecule has 0 atom stereocenters. The van der Waals surface area contributed by atoms with Gasteiger partial charge in [0.25, 0.3) is 10.1 Å². The van der Waals surface area contributed by atoms with Crippen LogP contribution in [0.25, 0.3) is 0 Å². The van der Waals surface area contributed by atoms with E-state index in [1.165, 1.54) is 32.1 Å². The second kappa shape index (κ2) is 11.9. The van der Waals surface area contributed by atoms with Crippen molar-refractivity contribution >= 4 is 10.1 Å². The SMILES string of the molecule is CCCCCCCCOCCOCCS(=O)(=O)O. The number of rotatable bonds is 13. The lowest BCUT2D eigenvalue weighted by Crippen LogP contribution is -2.13. The third kappa shape index (κ3) is 15.8. The normalized spacial score (nSPS) is 11.9. The number of unbranched alkanes of at least 4 members (excludes halogenated alkanes) is 5. The van der Waals surface area contributed by atoms with Crippen molar-refractivity contribution in [1.82, 2.24) is 0 Å². The van der Waals surface area contributed by atoms with Gasteiger partial charge in [-0.2, -0.15) is 8.42 Å². The lowest BCUT2D eigenvalue weighted by atomic mass is 10.1. The number of ether oxygens (including phenoxy) is 2. The van der Waals surface area contributed by atoms with Gasteiger partial charge < -0.3 is 9.47 Å². The number of hydrogen-bond acceptors (Lipinski definition) is 4. The second-order valence-electron chi connectivity index (χ2n) is 4.28. The van der Waals surface area contributed by atoms with Crippen LogP contribution in [0.15, 0.2) is 0 Å². The summed E-state index contributed by atoms with van der Waals surface area (Å²) in [6, 6.07) is 0. The maximum atomic E-state index is 10.4. The van der Waals surface area contributed by atoms with E-state index in [4.69, 9.17) is 14.0 Å². The Morgan fingerprint density at radius 1 is 0.833 bits per heavy atom. The fourth-order valence-electron chi connectivity index (χ4n) is 1.47. The summed E-state index contributed by atoms with van der Waals surface area (Å²) in [4.78, 5) is 0. The predicted molar refractivity (Wildman–Crippen MR) is 71.4 cm³/mol. The average molecular weight is 282 g/mol. The average Bonchev–Trinajstić information content (AvgIpc) is 2.29. The molecule has 0 rings (SSSR count). The van der Waals surface area contributed by atoms with Gasteiger partial charge in [0.1, 0.15) is 0 Å². The lowest BCUT2D eigenvalue weighted by molar-refractivity contribution is 0.0516. The van der Waals surface area contributed by atoms with Gasteiger partial charge in [0, 0.05) is 6.61 Å². The molecule has 6 heteroatoms. The smallest absolute Gasteiger partial charge is 0.267 e. The molecule has 110 valence electrons. The van der Waals surface area contributed by atoms with Gasteiger partial charge in [-0.3, -0.25) is 4.55 Å². The second-order valence-corrected chi connectivity index (χ2v) is 5.85. The molecule has 0 fully saturated rings. The molecule has 1 N–H and O–H groups in total. The summed E-state index contributed by atoms with van der Waals surface area (Å²) in [5.41, 5.74) is 0. The first-order chi connectivity index (χ1) is 8.56. The van der Waals surface area contributed by atoms with Crippen molar-refractivity contribution in [2.75, 3.05) is 32.2 Å². The first kappa shape index (κ1) is 17.8. The van der Waals surface area contributed by atoms with E-state index < -0.39 is 10.1 Å². The molecule has 0 bridgehead atoms. The summed E-state index contributed by atoms with van der Waals surface area (Å²) in [5.74, 6) is -0.357. The maximum Gasteiger partial charge on any atom is 0.267 e. The van der Waals surface area contributed by atoms with Crippen LogP contribution in [-0.4, -0.2) is 45.2 Å². The zero-order valence-corrected chi connectivity index (χ0v) is 12.1. The van der Waals surface area contributed by atoms with Crippen LogP contribution in [0.5, 0.6) is 0 Å². The lowest BCUT2D eigenvalue weighted by Gasteiger charge is -2.05. The molecular formula is C12H26O5S. The van der Waals surface area contributed by atoms with E-state index in [0.717, 1.165) is 13.0 Å². The Kier molecular flexibility index (Phi) is 11.8. The van der Waals surface area contributed by atoms with E-state index in [-0.39, 0.29) is 12.4 Å². The van der Waals surface area contributed by atoms with Crippen molar-refractivity contribution in [3.05, 3.63) is 0 Å². The molecule has 18 heavy (non-hydrogen) atoms. The first-order valence-corrected chi connectivity index (χ1v) is 8.28. The fraction of sp³-hybridized carbons (Fsp3) is 1.00. The van der Waals surface area contributed by atoms with Crippen LogP contribution in [-0.2, 0) is 19.6 Å². The fourth-order valence-corrected chi connectivity index (χ4v) is 1.80. The molecule has 0 heterocycles. The van der Waals surface area contributed by atoms with Crippen molar-refractivity contribution in [1.29, 1.82) is 0 Å². The van der Waals surface area contributed by atoms with E-state index in [2.05, 4.69) is 6.92 Å². The molecular weight excluding hydrogens is 256 g/mol. The highest BCUT2D eigenvalue weighted by Crippen LogP contribution is 2.04. The minimum Gasteiger partial charge on any atom is -0.379 e. The van der Waals surface area contributed by atoms with Crippen LogP contribution in [0.3, 0.4) is 0 Å². The largest absolute Gasteiger partial charge is 0.379 e. The molecule has 0 radical (unpaired) electrons. The van der Waals surface area contributed by atoms with Crippen molar-refractivity contribution in [3.63, 3.8) is 0 Å². The Balaban J connectivity index is 3.03. The van der Waals surface area contributed by atoms with Crippen molar-refractivity contribution in [2.24, 2.45) is 0 Å². The van der Waals surface area contributed by atoms with Gasteiger partial charge in [-0.1, -0.05) is 39.0 Å². The Labute approximate surface area is 111 Å². The van der Waals surface area contributed by atoms with Gasteiger partial charge in [0.2, 0.25) is 0 Å². The zero-order chi connectivity index (χ0) is 13.7. The van der Waals surface area contributed by atoms with Crippen molar-refractivity contribution < 1.29 is 22.4 Å². The molecule has 0 saturated heterocycles. The Morgan fingerprint density at radius 2 is 1.39 bits per heavy atom. The summed E-state index contributed by atoms with van der Waals surface area (Å²) in [6.07, 6.45) is 7.40. The highest BCUT2D eigenvalue weighted by molar-refractivity contribution is 7.85. The van der Waals surface area contributed by atoms with Gasteiger partial charge in [-0.15, -0.1) is 0 Å². The van der Waals surface area contributed by atoms with Crippen molar-refractivity contribution in [3.8, 4) is 0 Å². The third-order valence-corrected chi connectivity index (χ3v) is 3.18. The standard InChI is InChI=1S/C12H26O5S/c1-2-3-4-5-6-7-8-16-9-10-17-11-12-18(13,14)15/h2-12H2,1H3,(H,13,14,15). The quantitative estimate of drug-likeness (QED) is 0.414. The van der Waals surface area contributed by atoms with Crippen LogP contribution in [0, 0.1) is 0 Å². The van der Waals surface area contributed by atoms with E-state index in [9.17, 15) is 8.42 Å². The Bertz CT molecular complexity index is 264. The van der Waals surface area contributed by atoms with Crippen LogP contribution in [0.4, 0.5) is 0 Å². The number of hydrogen-bond donors (Lipinski definition) is 1. The van der Waals surface area contributed by atoms with Gasteiger partial charge in [-0.25, -0.2) is 0 Å². The van der Waals surface area contributed by atoms with Gasteiger partial charge >= 0.3 is 0 Å². The maximum absolute atomic E-state index is 10.4. The summed E-state index contributed by atoms with van der Waals surface area (Å²) in [5, 5.41) is 0. The van der Waals surface area contributed by atoms with E-state index in [1.807, 2.05) is 0 Å². The summed E-state index contributed by atoms with van der Waals surface area (Å²) >= 11 is 0.